The minimum Gasteiger partial charge on any atom is -0.408 e. The van der Waals surface area contributed by atoms with Crippen LogP contribution in [0.1, 0.15) is 11.5 Å². The van der Waals surface area contributed by atoms with E-state index in [4.69, 9.17) is 16.0 Å². The molecule has 0 amide bonds. The number of aromatic nitrogens is 1. The van der Waals surface area contributed by atoms with Crippen molar-refractivity contribution in [3.63, 3.8) is 0 Å². The van der Waals surface area contributed by atoms with Gasteiger partial charge in [-0.1, -0.05) is 35.9 Å². The lowest BCUT2D eigenvalue weighted by molar-refractivity contribution is 0.444. The minimum atomic E-state index is -0.332. The third-order valence-electron chi connectivity index (χ3n) is 3.12. The molecule has 3 nitrogen and oxygen atoms in total. The maximum Gasteiger partial charge on any atom is 0.346 e. The van der Waals surface area contributed by atoms with Crippen LogP contribution < -0.4 is 5.63 Å². The Hall–Kier alpha value is -2.13. The van der Waals surface area contributed by atoms with Gasteiger partial charge >= 0.3 is 5.63 Å². The van der Waals surface area contributed by atoms with Gasteiger partial charge in [0.05, 0.1) is 10.9 Å². The highest BCUT2D eigenvalue weighted by Crippen LogP contribution is 2.12. The van der Waals surface area contributed by atoms with Gasteiger partial charge in [-0.3, -0.25) is 0 Å². The van der Waals surface area contributed by atoms with Gasteiger partial charge in [0.25, 0.3) is 0 Å². The van der Waals surface area contributed by atoms with E-state index in [9.17, 15) is 4.79 Å². The molecule has 3 aromatic rings. The predicted octanol–water partition coefficient (Wildman–Crippen LogP) is 3.63. The molecule has 0 saturated carbocycles. The molecule has 1 heterocycles. The first-order chi connectivity index (χ1) is 9.72. The van der Waals surface area contributed by atoms with E-state index in [1.54, 1.807) is 12.1 Å². The van der Waals surface area contributed by atoms with Crippen LogP contribution in [0.2, 0.25) is 5.02 Å². The van der Waals surface area contributed by atoms with Gasteiger partial charge in [0.2, 0.25) is 0 Å². The highest BCUT2D eigenvalue weighted by molar-refractivity contribution is 6.30. The van der Waals surface area contributed by atoms with Gasteiger partial charge in [-0.15, -0.1) is 0 Å². The van der Waals surface area contributed by atoms with Gasteiger partial charge in [0.15, 0.2) is 5.89 Å². The topological polar surface area (TPSA) is 43.1 Å². The highest BCUT2D eigenvalue weighted by Gasteiger charge is 2.06. The lowest BCUT2D eigenvalue weighted by Crippen LogP contribution is -2.06. The molecule has 0 aliphatic heterocycles. The summed E-state index contributed by atoms with van der Waals surface area (Å²) < 4.78 is 5.24. The molecule has 2 aromatic carbocycles. The maximum absolute atomic E-state index is 11.8. The summed E-state index contributed by atoms with van der Waals surface area (Å²) in [4.78, 5) is 16.2. The molecule has 20 heavy (non-hydrogen) atoms. The fourth-order valence-electron chi connectivity index (χ4n) is 2.07. The van der Waals surface area contributed by atoms with Gasteiger partial charge in [0.1, 0.15) is 0 Å². The number of para-hydroxylation sites is 1. The number of benzene rings is 2. The molecule has 100 valence electrons. The van der Waals surface area contributed by atoms with Gasteiger partial charge < -0.3 is 4.42 Å². The van der Waals surface area contributed by atoms with Crippen molar-refractivity contribution < 1.29 is 4.42 Å². The molecule has 0 bridgehead atoms. The quantitative estimate of drug-likeness (QED) is 0.738. The van der Waals surface area contributed by atoms with Crippen molar-refractivity contribution in [1.29, 1.82) is 0 Å². The fraction of sp³-hybridized carbons (Fsp3) is 0.125. The smallest absolute Gasteiger partial charge is 0.346 e. The average molecular weight is 286 g/mol. The normalized spacial score (nSPS) is 10.8. The van der Waals surface area contributed by atoms with Crippen LogP contribution in [0.5, 0.6) is 0 Å². The summed E-state index contributed by atoms with van der Waals surface area (Å²) in [6, 6.07) is 14.8. The van der Waals surface area contributed by atoms with Crippen molar-refractivity contribution >= 4 is 22.5 Å². The summed E-state index contributed by atoms with van der Waals surface area (Å²) in [6.07, 6.45) is 1.34. The summed E-state index contributed by atoms with van der Waals surface area (Å²) in [5.41, 5.74) is 1.48. The second-order valence-corrected chi connectivity index (χ2v) is 4.98. The minimum absolute atomic E-state index is 0.332. The molecule has 0 saturated heterocycles. The van der Waals surface area contributed by atoms with Crippen molar-refractivity contribution in [3.05, 3.63) is 75.4 Å². The van der Waals surface area contributed by atoms with E-state index in [0.29, 0.717) is 28.2 Å². The second kappa shape index (κ2) is 5.47. The summed E-state index contributed by atoms with van der Waals surface area (Å²) in [5.74, 6) is 0.462. The summed E-state index contributed by atoms with van der Waals surface area (Å²) in [6.45, 7) is 0. The number of hydrogen-bond acceptors (Lipinski definition) is 3. The number of aryl methyl sites for hydroxylation is 2. The third kappa shape index (κ3) is 2.73. The standard InChI is InChI=1S/C16H12ClNO2/c17-12-8-5-11(6-9-12)7-10-15-18-14-4-2-1-3-13(14)16(19)20-15/h1-6,8-9H,7,10H2. The van der Waals surface area contributed by atoms with E-state index >= 15 is 0 Å². The third-order valence-corrected chi connectivity index (χ3v) is 3.37. The van der Waals surface area contributed by atoms with E-state index < -0.39 is 0 Å². The summed E-state index contributed by atoms with van der Waals surface area (Å²) >= 11 is 5.84. The van der Waals surface area contributed by atoms with Crippen molar-refractivity contribution in [1.82, 2.24) is 4.98 Å². The molecule has 4 heteroatoms. The Kier molecular flexibility index (Phi) is 3.52. The van der Waals surface area contributed by atoms with Gasteiger partial charge in [0, 0.05) is 11.4 Å². The Morgan fingerprint density at radius 3 is 2.55 bits per heavy atom. The SMILES string of the molecule is O=c1oc(CCc2ccc(Cl)cc2)nc2ccccc12. The number of fused-ring (bicyclic) bond motifs is 1. The number of nitrogens with zero attached hydrogens (tertiary/aromatic N) is 1. The van der Waals surface area contributed by atoms with Crippen LogP contribution in [0.3, 0.4) is 0 Å². The highest BCUT2D eigenvalue weighted by atomic mass is 35.5. The Labute approximate surface area is 120 Å². The van der Waals surface area contributed by atoms with E-state index in [2.05, 4.69) is 4.98 Å². The maximum atomic E-state index is 11.8. The summed E-state index contributed by atoms with van der Waals surface area (Å²) in [5, 5.41) is 1.23. The first kappa shape index (κ1) is 12.9. The zero-order valence-corrected chi connectivity index (χ0v) is 11.4. The van der Waals surface area contributed by atoms with E-state index in [1.165, 1.54) is 0 Å². The molecule has 3 rings (SSSR count). The van der Waals surface area contributed by atoms with Gasteiger partial charge in [-0.25, -0.2) is 9.78 Å². The van der Waals surface area contributed by atoms with Crippen molar-refractivity contribution in [2.24, 2.45) is 0 Å². The molecular weight excluding hydrogens is 274 g/mol. The molecular formula is C16H12ClNO2. The van der Waals surface area contributed by atoms with Crippen LogP contribution in [0.4, 0.5) is 0 Å². The monoisotopic (exact) mass is 285 g/mol. The van der Waals surface area contributed by atoms with Crippen LogP contribution in [0.25, 0.3) is 10.9 Å². The molecule has 0 aliphatic rings. The zero-order valence-electron chi connectivity index (χ0n) is 10.7. The lowest BCUT2D eigenvalue weighted by Gasteiger charge is -2.02. The lowest BCUT2D eigenvalue weighted by atomic mass is 10.1. The fourth-order valence-corrected chi connectivity index (χ4v) is 2.20. The number of halogens is 1. The number of rotatable bonds is 3. The average Bonchev–Trinajstić information content (AvgIpc) is 2.47. The van der Waals surface area contributed by atoms with Crippen LogP contribution in [0.15, 0.2) is 57.7 Å². The van der Waals surface area contributed by atoms with Crippen molar-refractivity contribution in [2.75, 3.05) is 0 Å². The van der Waals surface area contributed by atoms with Gasteiger partial charge in [-0.05, 0) is 36.2 Å². The zero-order chi connectivity index (χ0) is 13.9. The second-order valence-electron chi connectivity index (χ2n) is 4.54. The van der Waals surface area contributed by atoms with Gasteiger partial charge in [-0.2, -0.15) is 0 Å². The Bertz CT molecular complexity index is 793. The predicted molar refractivity (Wildman–Crippen MR) is 79.1 cm³/mol. The summed E-state index contributed by atoms with van der Waals surface area (Å²) in [7, 11) is 0. The van der Waals surface area contributed by atoms with Crippen molar-refractivity contribution in [2.45, 2.75) is 12.8 Å². The van der Waals surface area contributed by atoms with E-state index in [0.717, 1.165) is 12.0 Å². The molecule has 0 radical (unpaired) electrons. The van der Waals surface area contributed by atoms with E-state index in [1.807, 2.05) is 36.4 Å². The molecule has 1 aromatic heterocycles. The molecule has 0 spiro atoms. The number of hydrogen-bond donors (Lipinski definition) is 0. The Balaban J connectivity index is 1.84. The first-order valence-electron chi connectivity index (χ1n) is 6.35. The molecule has 0 N–H and O–H groups in total. The Morgan fingerprint density at radius 1 is 1.00 bits per heavy atom. The van der Waals surface area contributed by atoms with Crippen molar-refractivity contribution in [3.8, 4) is 0 Å². The molecule has 0 aliphatic carbocycles. The Morgan fingerprint density at radius 2 is 1.75 bits per heavy atom. The molecule has 0 atom stereocenters. The van der Waals surface area contributed by atoms with Crippen LogP contribution >= 0.6 is 11.6 Å². The molecule has 0 unspecified atom stereocenters. The largest absolute Gasteiger partial charge is 0.408 e. The molecule has 0 fully saturated rings. The van der Waals surface area contributed by atoms with E-state index in [-0.39, 0.29) is 5.63 Å². The van der Waals surface area contributed by atoms with Crippen LogP contribution in [-0.2, 0) is 12.8 Å². The van der Waals surface area contributed by atoms with Crippen LogP contribution in [0, 0.1) is 0 Å². The van der Waals surface area contributed by atoms with Crippen LogP contribution in [-0.4, -0.2) is 4.98 Å². The first-order valence-corrected chi connectivity index (χ1v) is 6.73.